The van der Waals surface area contributed by atoms with Crippen molar-refractivity contribution in [3.8, 4) is 11.1 Å². The van der Waals surface area contributed by atoms with Gasteiger partial charge in [0.25, 0.3) is 11.5 Å². The molecule has 8 nitrogen and oxygen atoms in total. The van der Waals surface area contributed by atoms with Crippen LogP contribution in [-0.4, -0.2) is 46.9 Å². The fourth-order valence-corrected chi connectivity index (χ4v) is 4.29. The van der Waals surface area contributed by atoms with Gasteiger partial charge < -0.3 is 15.3 Å². The largest absolute Gasteiger partial charge is 0.480 e. The number of hydrogen-bond donors (Lipinski definition) is 2. The first-order valence-electron chi connectivity index (χ1n) is 11.2. The van der Waals surface area contributed by atoms with Gasteiger partial charge >= 0.3 is 5.97 Å². The Bertz CT molecular complexity index is 1330. The highest BCUT2D eigenvalue weighted by Crippen LogP contribution is 2.28. The summed E-state index contributed by atoms with van der Waals surface area (Å²) in [7, 11) is 3.67. The fourth-order valence-electron chi connectivity index (χ4n) is 3.72. The van der Waals surface area contributed by atoms with E-state index in [0.717, 1.165) is 0 Å². The Morgan fingerprint density at radius 1 is 1.08 bits per heavy atom. The number of anilines is 1. The Balaban J connectivity index is 1.91. The van der Waals surface area contributed by atoms with Crippen LogP contribution in [0.1, 0.15) is 36.7 Å². The summed E-state index contributed by atoms with van der Waals surface area (Å²) in [5, 5.41) is 16.8. The molecule has 0 fully saturated rings. The van der Waals surface area contributed by atoms with Gasteiger partial charge in [0, 0.05) is 20.5 Å². The average Bonchev–Trinajstić information content (AvgIpc) is 2.78. The number of halogens is 2. The lowest BCUT2D eigenvalue weighted by Crippen LogP contribution is -2.42. The molecule has 2 N–H and O–H groups in total. The molecule has 0 aliphatic carbocycles. The van der Waals surface area contributed by atoms with Crippen molar-refractivity contribution in [3.63, 3.8) is 0 Å². The van der Waals surface area contributed by atoms with Crippen LogP contribution in [-0.2, 0) is 16.8 Å². The standard InChI is InChI=1S/C26H28Cl2N4O4/c1-26(2,3)32-24(34)21(20(14-29-32)31(4)5)16-11-9-15(10-12-16)13-19(25(35)36)30-23(33)22-17(27)7-6-8-18(22)28/h6-12,14,19H,13H2,1-5H3,(H,30,33)(H,35,36)/t19-/m0/s1. The van der Waals surface area contributed by atoms with Gasteiger partial charge in [0.1, 0.15) is 6.04 Å². The number of aromatic nitrogens is 2. The molecule has 2 aromatic carbocycles. The smallest absolute Gasteiger partial charge is 0.326 e. The van der Waals surface area contributed by atoms with Gasteiger partial charge in [0.05, 0.1) is 38.6 Å². The van der Waals surface area contributed by atoms with Crippen molar-refractivity contribution in [2.45, 2.75) is 38.8 Å². The molecule has 3 aromatic rings. The normalized spacial score (nSPS) is 12.2. The highest BCUT2D eigenvalue weighted by atomic mass is 35.5. The van der Waals surface area contributed by atoms with E-state index in [9.17, 15) is 19.5 Å². The maximum Gasteiger partial charge on any atom is 0.326 e. The third-order valence-corrected chi connectivity index (χ3v) is 6.18. The van der Waals surface area contributed by atoms with Crippen LogP contribution in [0.15, 0.2) is 53.5 Å². The van der Waals surface area contributed by atoms with E-state index in [-0.39, 0.29) is 27.6 Å². The van der Waals surface area contributed by atoms with Gasteiger partial charge in [-0.2, -0.15) is 5.10 Å². The van der Waals surface area contributed by atoms with Crippen LogP contribution in [0.3, 0.4) is 0 Å². The highest BCUT2D eigenvalue weighted by molar-refractivity contribution is 6.39. The minimum absolute atomic E-state index is 0.0199. The lowest BCUT2D eigenvalue weighted by atomic mass is 9.99. The molecule has 10 heteroatoms. The fraction of sp³-hybridized carbons (Fsp3) is 0.308. The predicted octanol–water partition coefficient (Wildman–Crippen LogP) is 4.46. The maximum absolute atomic E-state index is 13.3. The quantitative estimate of drug-likeness (QED) is 0.467. The summed E-state index contributed by atoms with van der Waals surface area (Å²) in [5.74, 6) is -1.88. The minimum Gasteiger partial charge on any atom is -0.480 e. The number of carboxylic acid groups (broad SMARTS) is 1. The number of nitrogens with zero attached hydrogens (tertiary/aromatic N) is 3. The summed E-state index contributed by atoms with van der Waals surface area (Å²) in [6.45, 7) is 5.71. The molecular weight excluding hydrogens is 503 g/mol. The Kier molecular flexibility index (Phi) is 8.11. The van der Waals surface area contributed by atoms with Gasteiger partial charge in [-0.3, -0.25) is 9.59 Å². The number of carbonyl (C=O) groups excluding carboxylic acids is 1. The molecule has 0 unspecified atom stereocenters. The molecule has 190 valence electrons. The minimum atomic E-state index is -1.22. The molecular formula is C26H28Cl2N4O4. The molecule has 0 spiro atoms. The van der Waals surface area contributed by atoms with E-state index in [0.29, 0.717) is 22.4 Å². The van der Waals surface area contributed by atoms with Crippen molar-refractivity contribution in [2.24, 2.45) is 0 Å². The maximum atomic E-state index is 13.3. The van der Waals surface area contributed by atoms with Crippen molar-refractivity contribution in [3.05, 3.63) is 80.2 Å². The van der Waals surface area contributed by atoms with E-state index in [2.05, 4.69) is 10.4 Å². The zero-order valence-electron chi connectivity index (χ0n) is 20.7. The number of benzene rings is 2. The second-order valence-electron chi connectivity index (χ2n) is 9.55. The number of rotatable bonds is 7. The number of carboxylic acids is 1. The number of nitrogens with one attached hydrogen (secondary N) is 1. The topological polar surface area (TPSA) is 105 Å². The SMILES string of the molecule is CN(C)c1cnn(C(C)(C)C)c(=O)c1-c1ccc(C[C@H](NC(=O)c2c(Cl)cccc2Cl)C(=O)O)cc1. The summed E-state index contributed by atoms with van der Waals surface area (Å²) in [4.78, 5) is 39.7. The van der Waals surface area contributed by atoms with Gasteiger partial charge in [-0.1, -0.05) is 53.5 Å². The Hall–Kier alpha value is -3.36. The predicted molar refractivity (Wildman–Crippen MR) is 142 cm³/mol. The first kappa shape index (κ1) is 27.2. The summed E-state index contributed by atoms with van der Waals surface area (Å²) < 4.78 is 1.44. The van der Waals surface area contributed by atoms with Gasteiger partial charge in [0.2, 0.25) is 0 Å². The zero-order valence-corrected chi connectivity index (χ0v) is 22.2. The van der Waals surface area contributed by atoms with Gasteiger partial charge in [-0.25, -0.2) is 9.48 Å². The summed E-state index contributed by atoms with van der Waals surface area (Å²) >= 11 is 12.2. The van der Waals surface area contributed by atoms with Crippen molar-refractivity contribution in [1.82, 2.24) is 15.1 Å². The molecule has 36 heavy (non-hydrogen) atoms. The Morgan fingerprint density at radius 2 is 1.67 bits per heavy atom. The molecule has 3 rings (SSSR count). The van der Waals surface area contributed by atoms with Crippen molar-refractivity contribution in [2.75, 3.05) is 19.0 Å². The van der Waals surface area contributed by atoms with Gasteiger partial charge in [-0.05, 0) is 44.0 Å². The van der Waals surface area contributed by atoms with Gasteiger partial charge in [0.15, 0.2) is 0 Å². The van der Waals surface area contributed by atoms with Crippen LogP contribution < -0.4 is 15.8 Å². The molecule has 1 heterocycles. The number of hydrogen-bond acceptors (Lipinski definition) is 5. The van der Waals surface area contributed by atoms with Crippen LogP contribution in [0.4, 0.5) is 5.69 Å². The molecule has 0 aliphatic heterocycles. The van der Waals surface area contributed by atoms with E-state index < -0.39 is 23.5 Å². The molecule has 1 atom stereocenters. The van der Waals surface area contributed by atoms with Crippen molar-refractivity contribution in [1.29, 1.82) is 0 Å². The zero-order chi connectivity index (χ0) is 26.8. The van der Waals surface area contributed by atoms with Crippen LogP contribution in [0.25, 0.3) is 11.1 Å². The van der Waals surface area contributed by atoms with E-state index in [4.69, 9.17) is 23.2 Å². The highest BCUT2D eigenvalue weighted by Gasteiger charge is 2.25. The summed E-state index contributed by atoms with van der Waals surface area (Å²) in [6, 6.07) is 10.4. The number of aliphatic carboxylic acids is 1. The van der Waals surface area contributed by atoms with E-state index in [1.807, 2.05) is 39.8 Å². The first-order chi connectivity index (χ1) is 16.8. The molecule has 0 radical (unpaired) electrons. The summed E-state index contributed by atoms with van der Waals surface area (Å²) in [6.07, 6.45) is 1.68. The monoisotopic (exact) mass is 530 g/mol. The van der Waals surface area contributed by atoms with Gasteiger partial charge in [-0.15, -0.1) is 0 Å². The van der Waals surface area contributed by atoms with Crippen LogP contribution in [0, 0.1) is 0 Å². The average molecular weight is 531 g/mol. The second kappa shape index (κ2) is 10.7. The molecule has 1 amide bonds. The second-order valence-corrected chi connectivity index (χ2v) is 10.4. The molecule has 1 aromatic heterocycles. The van der Waals surface area contributed by atoms with Crippen molar-refractivity contribution >= 4 is 40.8 Å². The molecule has 0 saturated heterocycles. The van der Waals surface area contributed by atoms with Crippen LogP contribution in [0.2, 0.25) is 10.0 Å². The Morgan fingerprint density at radius 3 is 2.17 bits per heavy atom. The molecule has 0 saturated carbocycles. The lowest BCUT2D eigenvalue weighted by Gasteiger charge is -2.24. The lowest BCUT2D eigenvalue weighted by molar-refractivity contribution is -0.139. The molecule has 0 aliphatic rings. The third-order valence-electron chi connectivity index (χ3n) is 5.55. The van der Waals surface area contributed by atoms with Crippen molar-refractivity contribution < 1.29 is 14.7 Å². The third kappa shape index (κ3) is 5.88. The first-order valence-corrected chi connectivity index (χ1v) is 11.9. The Labute approximate surface area is 219 Å². The van der Waals surface area contributed by atoms with Crippen LogP contribution in [0.5, 0.6) is 0 Å². The van der Waals surface area contributed by atoms with E-state index >= 15 is 0 Å². The van der Waals surface area contributed by atoms with E-state index in [1.165, 1.54) is 16.8 Å². The summed E-state index contributed by atoms with van der Waals surface area (Å²) in [5.41, 5.74) is 1.78. The van der Waals surface area contributed by atoms with Crippen LogP contribution >= 0.6 is 23.2 Å². The van der Waals surface area contributed by atoms with E-state index in [1.54, 1.807) is 36.5 Å². The number of carbonyl (C=O) groups is 2. The molecule has 0 bridgehead atoms. The number of amides is 1.